The summed E-state index contributed by atoms with van der Waals surface area (Å²) in [5.41, 5.74) is 2.23. The lowest BCUT2D eigenvalue weighted by Crippen LogP contribution is -2.39. The number of rotatable bonds is 7. The standard InChI is InChI=1S/C19H23NO4/c1-22-18-8-4-6-14-11-16(13-24-19(14)18)20-12-15-5-2-3-7-17(15)23-10-9-21/h2-8,16,20-21H,9-13H2,1H3/t16-/m1/s1. The van der Waals surface area contributed by atoms with Crippen molar-refractivity contribution in [3.05, 3.63) is 53.6 Å². The van der Waals surface area contributed by atoms with Crippen molar-refractivity contribution in [1.29, 1.82) is 0 Å². The molecule has 128 valence electrons. The van der Waals surface area contributed by atoms with Gasteiger partial charge in [0.2, 0.25) is 0 Å². The number of aliphatic hydroxyl groups excluding tert-OH is 1. The van der Waals surface area contributed by atoms with Gasteiger partial charge in [-0.1, -0.05) is 30.3 Å². The van der Waals surface area contributed by atoms with Gasteiger partial charge in [0.05, 0.1) is 13.7 Å². The highest BCUT2D eigenvalue weighted by molar-refractivity contribution is 5.48. The number of ether oxygens (including phenoxy) is 3. The Morgan fingerprint density at radius 3 is 2.83 bits per heavy atom. The van der Waals surface area contributed by atoms with E-state index >= 15 is 0 Å². The third-order valence-corrected chi connectivity index (χ3v) is 4.08. The third kappa shape index (κ3) is 3.80. The molecule has 0 fully saturated rings. The largest absolute Gasteiger partial charge is 0.493 e. The zero-order valence-electron chi connectivity index (χ0n) is 13.8. The van der Waals surface area contributed by atoms with E-state index in [1.165, 1.54) is 0 Å². The molecule has 0 saturated heterocycles. The molecule has 0 bridgehead atoms. The van der Waals surface area contributed by atoms with Gasteiger partial charge in [0.15, 0.2) is 11.5 Å². The molecule has 0 unspecified atom stereocenters. The van der Waals surface area contributed by atoms with Crippen LogP contribution in [0.4, 0.5) is 0 Å². The lowest BCUT2D eigenvalue weighted by Gasteiger charge is -2.27. The molecule has 0 saturated carbocycles. The van der Waals surface area contributed by atoms with Crippen LogP contribution in [0.2, 0.25) is 0 Å². The van der Waals surface area contributed by atoms with E-state index in [0.29, 0.717) is 19.8 Å². The highest BCUT2D eigenvalue weighted by Gasteiger charge is 2.22. The predicted octanol–water partition coefficient (Wildman–Crippen LogP) is 2.16. The van der Waals surface area contributed by atoms with E-state index in [-0.39, 0.29) is 12.6 Å². The molecule has 0 amide bonds. The van der Waals surface area contributed by atoms with Gasteiger partial charge >= 0.3 is 0 Å². The fourth-order valence-electron chi connectivity index (χ4n) is 2.89. The van der Waals surface area contributed by atoms with Crippen LogP contribution in [-0.4, -0.2) is 38.1 Å². The van der Waals surface area contributed by atoms with Crippen LogP contribution in [0.5, 0.6) is 17.2 Å². The Bertz CT molecular complexity index is 674. The predicted molar refractivity (Wildman–Crippen MR) is 91.8 cm³/mol. The summed E-state index contributed by atoms with van der Waals surface area (Å²) in [6.07, 6.45) is 0.895. The second kappa shape index (κ2) is 8.04. The van der Waals surface area contributed by atoms with Gasteiger partial charge < -0.3 is 24.6 Å². The number of aliphatic hydroxyl groups is 1. The Labute approximate surface area is 142 Å². The summed E-state index contributed by atoms with van der Waals surface area (Å²) in [5, 5.41) is 12.4. The molecule has 0 spiro atoms. The van der Waals surface area contributed by atoms with Crippen molar-refractivity contribution in [2.24, 2.45) is 0 Å². The summed E-state index contributed by atoms with van der Waals surface area (Å²) in [6.45, 7) is 1.61. The van der Waals surface area contributed by atoms with Crippen LogP contribution in [0.25, 0.3) is 0 Å². The monoisotopic (exact) mass is 329 g/mol. The van der Waals surface area contributed by atoms with Crippen molar-refractivity contribution in [1.82, 2.24) is 5.32 Å². The van der Waals surface area contributed by atoms with Crippen molar-refractivity contribution in [3.63, 3.8) is 0 Å². The van der Waals surface area contributed by atoms with Gasteiger partial charge in [0.25, 0.3) is 0 Å². The maximum absolute atomic E-state index is 8.92. The van der Waals surface area contributed by atoms with E-state index < -0.39 is 0 Å². The summed E-state index contributed by atoms with van der Waals surface area (Å²) < 4.78 is 16.8. The Morgan fingerprint density at radius 1 is 1.17 bits per heavy atom. The number of fused-ring (bicyclic) bond motifs is 1. The minimum absolute atomic E-state index is 0.0108. The molecule has 1 aliphatic heterocycles. The minimum Gasteiger partial charge on any atom is -0.493 e. The summed E-state index contributed by atoms with van der Waals surface area (Å²) in [7, 11) is 1.66. The van der Waals surface area contributed by atoms with Gasteiger partial charge in [-0.3, -0.25) is 0 Å². The Hall–Kier alpha value is -2.24. The highest BCUT2D eigenvalue weighted by atomic mass is 16.5. The Balaban J connectivity index is 1.62. The number of para-hydroxylation sites is 2. The van der Waals surface area contributed by atoms with Crippen molar-refractivity contribution in [2.45, 2.75) is 19.0 Å². The van der Waals surface area contributed by atoms with Crippen molar-refractivity contribution >= 4 is 0 Å². The van der Waals surface area contributed by atoms with E-state index in [4.69, 9.17) is 19.3 Å². The van der Waals surface area contributed by atoms with E-state index in [1.54, 1.807) is 7.11 Å². The van der Waals surface area contributed by atoms with Gasteiger partial charge in [0.1, 0.15) is 19.0 Å². The molecule has 24 heavy (non-hydrogen) atoms. The fraction of sp³-hybridized carbons (Fsp3) is 0.368. The second-order valence-corrected chi connectivity index (χ2v) is 5.72. The number of hydrogen-bond acceptors (Lipinski definition) is 5. The number of methoxy groups -OCH3 is 1. The van der Waals surface area contributed by atoms with Crippen molar-refractivity contribution in [3.8, 4) is 17.2 Å². The quantitative estimate of drug-likeness (QED) is 0.815. The first-order chi connectivity index (χ1) is 11.8. The van der Waals surface area contributed by atoms with Crippen LogP contribution in [0.1, 0.15) is 11.1 Å². The third-order valence-electron chi connectivity index (χ3n) is 4.08. The average Bonchev–Trinajstić information content (AvgIpc) is 2.64. The number of benzene rings is 2. The summed E-state index contributed by atoms with van der Waals surface area (Å²) in [6, 6.07) is 14.1. The SMILES string of the molecule is COc1cccc2c1OC[C@H](NCc1ccccc1OCCO)C2. The Kier molecular flexibility index (Phi) is 5.56. The zero-order valence-corrected chi connectivity index (χ0v) is 13.8. The zero-order chi connectivity index (χ0) is 16.8. The van der Waals surface area contributed by atoms with E-state index in [2.05, 4.69) is 11.4 Å². The molecule has 1 heterocycles. The van der Waals surface area contributed by atoms with Gasteiger partial charge in [-0.15, -0.1) is 0 Å². The summed E-state index contributed by atoms with van der Waals surface area (Å²) in [5.74, 6) is 2.44. The van der Waals surface area contributed by atoms with Gasteiger partial charge in [-0.25, -0.2) is 0 Å². The lowest BCUT2D eigenvalue weighted by atomic mass is 10.0. The molecule has 5 nitrogen and oxygen atoms in total. The second-order valence-electron chi connectivity index (χ2n) is 5.72. The van der Waals surface area contributed by atoms with E-state index in [1.807, 2.05) is 36.4 Å². The van der Waals surface area contributed by atoms with Crippen LogP contribution in [0, 0.1) is 0 Å². The van der Waals surface area contributed by atoms with Crippen molar-refractivity contribution < 1.29 is 19.3 Å². The van der Waals surface area contributed by atoms with Gasteiger partial charge in [-0.2, -0.15) is 0 Å². The molecule has 5 heteroatoms. The maximum atomic E-state index is 8.92. The molecule has 1 atom stereocenters. The molecular weight excluding hydrogens is 306 g/mol. The highest BCUT2D eigenvalue weighted by Crippen LogP contribution is 2.34. The van der Waals surface area contributed by atoms with Crippen LogP contribution in [-0.2, 0) is 13.0 Å². The Morgan fingerprint density at radius 2 is 2.00 bits per heavy atom. The van der Waals surface area contributed by atoms with Gasteiger partial charge in [-0.05, 0) is 24.1 Å². The van der Waals surface area contributed by atoms with Crippen LogP contribution >= 0.6 is 0 Å². The maximum Gasteiger partial charge on any atom is 0.164 e. The first-order valence-electron chi connectivity index (χ1n) is 8.15. The average molecular weight is 329 g/mol. The van der Waals surface area contributed by atoms with E-state index in [0.717, 1.165) is 34.8 Å². The summed E-state index contributed by atoms with van der Waals surface area (Å²) >= 11 is 0. The topological polar surface area (TPSA) is 60.0 Å². The molecule has 3 rings (SSSR count). The normalized spacial score (nSPS) is 16.2. The molecule has 2 N–H and O–H groups in total. The molecule has 2 aromatic carbocycles. The van der Waals surface area contributed by atoms with Crippen LogP contribution in [0.3, 0.4) is 0 Å². The first kappa shape index (κ1) is 16.6. The molecule has 0 radical (unpaired) electrons. The number of hydrogen-bond donors (Lipinski definition) is 2. The first-order valence-corrected chi connectivity index (χ1v) is 8.15. The lowest BCUT2D eigenvalue weighted by molar-refractivity contribution is 0.199. The molecule has 1 aliphatic rings. The molecule has 0 aliphatic carbocycles. The fourth-order valence-corrected chi connectivity index (χ4v) is 2.89. The van der Waals surface area contributed by atoms with Gasteiger partial charge in [0, 0.05) is 18.2 Å². The minimum atomic E-state index is 0.0108. The van der Waals surface area contributed by atoms with Crippen LogP contribution in [0.15, 0.2) is 42.5 Å². The molecule has 2 aromatic rings. The molecule has 0 aromatic heterocycles. The smallest absolute Gasteiger partial charge is 0.164 e. The summed E-state index contributed by atoms with van der Waals surface area (Å²) in [4.78, 5) is 0. The molecular formula is C19H23NO4. The van der Waals surface area contributed by atoms with Crippen molar-refractivity contribution in [2.75, 3.05) is 26.9 Å². The van der Waals surface area contributed by atoms with E-state index in [9.17, 15) is 0 Å². The van der Waals surface area contributed by atoms with Crippen LogP contribution < -0.4 is 19.5 Å². The number of nitrogens with one attached hydrogen (secondary N) is 1.